The van der Waals surface area contributed by atoms with E-state index in [1.165, 1.54) is 11.3 Å². The van der Waals surface area contributed by atoms with Crippen LogP contribution in [0.2, 0.25) is 5.15 Å². The van der Waals surface area contributed by atoms with Gasteiger partial charge in [0.2, 0.25) is 0 Å². The summed E-state index contributed by atoms with van der Waals surface area (Å²) in [5.41, 5.74) is 3.47. The molecule has 2 aromatic carbocycles. The highest BCUT2D eigenvalue weighted by Crippen LogP contribution is 2.32. The predicted molar refractivity (Wildman–Crippen MR) is 138 cm³/mol. The van der Waals surface area contributed by atoms with E-state index in [0.29, 0.717) is 29.5 Å². The minimum atomic E-state index is -0.235. The summed E-state index contributed by atoms with van der Waals surface area (Å²) in [6.45, 7) is 2.90. The first-order valence-corrected chi connectivity index (χ1v) is 12.6. The molecule has 1 saturated heterocycles. The maximum absolute atomic E-state index is 13.9. The number of halogens is 1. The minimum Gasteiger partial charge on any atom is -0.497 e. The lowest BCUT2D eigenvalue weighted by atomic mass is 10.2. The van der Waals surface area contributed by atoms with Gasteiger partial charge in [0, 0.05) is 17.6 Å². The molecule has 0 spiro atoms. The van der Waals surface area contributed by atoms with Gasteiger partial charge in [0.1, 0.15) is 16.5 Å². The Morgan fingerprint density at radius 1 is 1.23 bits per heavy atom. The molecule has 0 N–H and O–H groups in total. The van der Waals surface area contributed by atoms with Crippen molar-refractivity contribution < 1.29 is 14.3 Å². The zero-order valence-corrected chi connectivity index (χ0v) is 21.1. The van der Waals surface area contributed by atoms with Crippen LogP contribution in [0.4, 0.5) is 5.13 Å². The first-order chi connectivity index (χ1) is 17.0. The lowest BCUT2D eigenvalue weighted by Gasteiger charge is -2.23. The molecule has 9 heteroatoms. The lowest BCUT2D eigenvalue weighted by molar-refractivity contribution is 0.0917. The van der Waals surface area contributed by atoms with Crippen molar-refractivity contribution in [3.05, 3.63) is 76.4 Å². The van der Waals surface area contributed by atoms with E-state index in [9.17, 15) is 4.79 Å². The third-order valence-electron chi connectivity index (χ3n) is 5.98. The number of amides is 1. The Morgan fingerprint density at radius 3 is 2.69 bits per heavy atom. The number of hydrogen-bond donors (Lipinski definition) is 0. The van der Waals surface area contributed by atoms with Crippen molar-refractivity contribution in [1.29, 1.82) is 0 Å². The molecule has 5 rings (SSSR count). The highest BCUT2D eigenvalue weighted by atomic mass is 35.5. The maximum Gasteiger partial charge on any atom is 0.265 e. The number of aromatic nitrogens is 3. The first kappa shape index (κ1) is 23.5. The van der Waals surface area contributed by atoms with Crippen LogP contribution >= 0.6 is 22.9 Å². The number of carbonyl (C=O) groups excluding carboxylic acids is 1. The Labute approximate surface area is 212 Å². The van der Waals surface area contributed by atoms with E-state index in [1.807, 2.05) is 60.0 Å². The second-order valence-corrected chi connectivity index (χ2v) is 9.49. The molecule has 4 aromatic rings. The number of carbonyl (C=O) groups is 1. The topological polar surface area (TPSA) is 69.5 Å². The molecule has 1 aliphatic rings. The van der Waals surface area contributed by atoms with Crippen molar-refractivity contribution in [2.75, 3.05) is 25.2 Å². The van der Waals surface area contributed by atoms with Crippen molar-refractivity contribution in [3.8, 4) is 22.7 Å². The van der Waals surface area contributed by atoms with Gasteiger partial charge >= 0.3 is 0 Å². The van der Waals surface area contributed by atoms with Crippen molar-refractivity contribution in [2.45, 2.75) is 25.9 Å². The Morgan fingerprint density at radius 2 is 2.00 bits per heavy atom. The van der Waals surface area contributed by atoms with Crippen molar-refractivity contribution in [2.24, 2.45) is 0 Å². The van der Waals surface area contributed by atoms with Gasteiger partial charge in [-0.25, -0.2) is 9.67 Å². The molecular formula is C26H25ClN4O3S. The summed E-state index contributed by atoms with van der Waals surface area (Å²) in [6.07, 6.45) is 1.83. The van der Waals surface area contributed by atoms with E-state index in [-0.39, 0.29) is 17.2 Å². The largest absolute Gasteiger partial charge is 0.497 e. The number of ether oxygens (including phenoxy) is 2. The number of thiazole rings is 1. The van der Waals surface area contributed by atoms with E-state index >= 15 is 0 Å². The third kappa shape index (κ3) is 4.82. The molecule has 1 fully saturated rings. The molecule has 0 unspecified atom stereocenters. The summed E-state index contributed by atoms with van der Waals surface area (Å²) < 4.78 is 12.7. The van der Waals surface area contributed by atoms with Gasteiger partial charge in [-0.05, 0) is 56.2 Å². The first-order valence-electron chi connectivity index (χ1n) is 11.4. The molecule has 2 aromatic heterocycles. The van der Waals surface area contributed by atoms with Crippen LogP contribution in [0.3, 0.4) is 0 Å². The van der Waals surface area contributed by atoms with Gasteiger partial charge in [-0.1, -0.05) is 29.8 Å². The second-order valence-electron chi connectivity index (χ2n) is 8.29. The van der Waals surface area contributed by atoms with Crippen LogP contribution in [0.25, 0.3) is 16.9 Å². The van der Waals surface area contributed by atoms with E-state index in [4.69, 9.17) is 26.1 Å². The molecule has 0 aliphatic carbocycles. The lowest BCUT2D eigenvalue weighted by Crippen LogP contribution is -2.37. The fraction of sp³-hybridized carbons (Fsp3) is 0.269. The number of benzene rings is 2. The van der Waals surface area contributed by atoms with Gasteiger partial charge in [-0.15, -0.1) is 11.3 Å². The van der Waals surface area contributed by atoms with E-state index in [0.717, 1.165) is 35.5 Å². The molecule has 180 valence electrons. The monoisotopic (exact) mass is 508 g/mol. The quantitative estimate of drug-likeness (QED) is 0.316. The van der Waals surface area contributed by atoms with Crippen molar-refractivity contribution in [3.63, 3.8) is 0 Å². The number of anilines is 1. The zero-order chi connectivity index (χ0) is 24.4. The number of nitrogens with zero attached hydrogens (tertiary/aromatic N) is 4. The molecule has 0 saturated carbocycles. The molecule has 7 nitrogen and oxygen atoms in total. The third-order valence-corrected chi connectivity index (χ3v) is 7.20. The van der Waals surface area contributed by atoms with E-state index < -0.39 is 0 Å². The Bertz CT molecular complexity index is 1310. The van der Waals surface area contributed by atoms with Crippen LogP contribution in [0.15, 0.2) is 60.0 Å². The summed E-state index contributed by atoms with van der Waals surface area (Å²) in [4.78, 5) is 20.4. The normalized spacial score (nSPS) is 15.3. The zero-order valence-electron chi connectivity index (χ0n) is 19.5. The number of aryl methyl sites for hydroxylation is 1. The highest BCUT2D eigenvalue weighted by Gasteiger charge is 2.31. The predicted octanol–water partition coefficient (Wildman–Crippen LogP) is 5.79. The molecule has 1 atom stereocenters. The average Bonchev–Trinajstić information content (AvgIpc) is 3.64. The molecule has 1 aliphatic heterocycles. The maximum atomic E-state index is 13.9. The standard InChI is InChI=1S/C26H25ClN4O3S/c1-17-23(24(27)31(29-17)19-7-4-3-5-8-19)25(32)30(15-21-9-6-14-34-21)26-28-22(16-35-26)18-10-12-20(33-2)13-11-18/h3-5,7-8,10-13,16,21H,6,9,14-15H2,1-2H3/t21-/m1/s1. The SMILES string of the molecule is COc1ccc(-c2csc(N(C[C@H]3CCCO3)C(=O)c3c(C)nn(-c4ccccc4)c3Cl)n2)cc1. The van der Waals surface area contributed by atoms with Gasteiger partial charge in [-0.2, -0.15) is 5.10 Å². The van der Waals surface area contributed by atoms with Crippen LogP contribution in [0, 0.1) is 6.92 Å². The van der Waals surface area contributed by atoms with Gasteiger partial charge in [0.15, 0.2) is 5.13 Å². The number of rotatable bonds is 7. The van der Waals surface area contributed by atoms with Gasteiger partial charge in [0.05, 0.1) is 36.8 Å². The number of hydrogen-bond acceptors (Lipinski definition) is 6. The van der Waals surface area contributed by atoms with Crippen molar-refractivity contribution in [1.82, 2.24) is 14.8 Å². The van der Waals surface area contributed by atoms with Crippen LogP contribution in [-0.2, 0) is 4.74 Å². The van der Waals surface area contributed by atoms with E-state index in [2.05, 4.69) is 5.10 Å². The number of methoxy groups -OCH3 is 1. The Kier molecular flexibility index (Phi) is 6.86. The summed E-state index contributed by atoms with van der Waals surface area (Å²) in [7, 11) is 1.64. The highest BCUT2D eigenvalue weighted by molar-refractivity contribution is 7.14. The van der Waals surface area contributed by atoms with Crippen LogP contribution in [0.5, 0.6) is 5.75 Å². The van der Waals surface area contributed by atoms with Crippen LogP contribution in [0.1, 0.15) is 28.9 Å². The Balaban J connectivity index is 1.50. The second kappa shape index (κ2) is 10.2. The number of para-hydroxylation sites is 1. The fourth-order valence-corrected chi connectivity index (χ4v) is 5.33. The molecule has 1 amide bonds. The molecule has 0 radical (unpaired) electrons. The van der Waals surface area contributed by atoms with Gasteiger partial charge < -0.3 is 9.47 Å². The van der Waals surface area contributed by atoms with Gasteiger partial charge in [0.25, 0.3) is 5.91 Å². The van der Waals surface area contributed by atoms with Crippen LogP contribution < -0.4 is 9.64 Å². The van der Waals surface area contributed by atoms with Crippen molar-refractivity contribution >= 4 is 34.0 Å². The van der Waals surface area contributed by atoms with Crippen LogP contribution in [-0.4, -0.2) is 47.0 Å². The molecule has 35 heavy (non-hydrogen) atoms. The smallest absolute Gasteiger partial charge is 0.265 e. The Hall–Kier alpha value is -3.20. The average molecular weight is 509 g/mol. The molecule has 0 bridgehead atoms. The molecule has 3 heterocycles. The fourth-order valence-electron chi connectivity index (χ4n) is 4.14. The summed E-state index contributed by atoms with van der Waals surface area (Å²) in [5.74, 6) is 0.542. The summed E-state index contributed by atoms with van der Waals surface area (Å²) in [5, 5.41) is 7.39. The summed E-state index contributed by atoms with van der Waals surface area (Å²) >= 11 is 8.15. The van der Waals surface area contributed by atoms with E-state index in [1.54, 1.807) is 23.6 Å². The minimum absolute atomic E-state index is 0.0458. The molecular weight excluding hydrogens is 484 g/mol. The van der Waals surface area contributed by atoms with Gasteiger partial charge in [-0.3, -0.25) is 9.69 Å². The summed E-state index contributed by atoms with van der Waals surface area (Å²) in [6, 6.07) is 17.2.